The standard InChI is InChI=1S/C14H21ClN2O/c1-3-16-12-6-8-17(9-7-12)13-10-11(15)4-5-14(13)18-2/h4-5,10,12,16H,3,6-9H2,1-2H3. The van der Waals surface area contributed by atoms with Gasteiger partial charge < -0.3 is 15.0 Å². The molecule has 0 aliphatic carbocycles. The first kappa shape index (κ1) is 13.5. The first-order valence-corrected chi connectivity index (χ1v) is 6.94. The molecular weight excluding hydrogens is 248 g/mol. The van der Waals surface area contributed by atoms with Crippen molar-refractivity contribution in [2.45, 2.75) is 25.8 Å². The van der Waals surface area contributed by atoms with Gasteiger partial charge in [0.05, 0.1) is 12.8 Å². The number of piperidine rings is 1. The second-order valence-corrected chi connectivity index (χ2v) is 5.07. The Morgan fingerprint density at radius 3 is 2.72 bits per heavy atom. The molecule has 0 bridgehead atoms. The van der Waals surface area contributed by atoms with E-state index in [1.807, 2.05) is 18.2 Å². The van der Waals surface area contributed by atoms with Crippen LogP contribution < -0.4 is 15.0 Å². The minimum Gasteiger partial charge on any atom is -0.495 e. The lowest BCUT2D eigenvalue weighted by molar-refractivity contribution is 0.401. The van der Waals surface area contributed by atoms with Crippen LogP contribution in [0.1, 0.15) is 19.8 Å². The maximum Gasteiger partial charge on any atom is 0.142 e. The fraction of sp³-hybridized carbons (Fsp3) is 0.571. The average Bonchev–Trinajstić information content (AvgIpc) is 2.40. The fourth-order valence-electron chi connectivity index (χ4n) is 2.52. The molecule has 18 heavy (non-hydrogen) atoms. The van der Waals surface area contributed by atoms with Crippen LogP contribution in [0.2, 0.25) is 5.02 Å². The highest BCUT2D eigenvalue weighted by atomic mass is 35.5. The summed E-state index contributed by atoms with van der Waals surface area (Å²) in [6.45, 7) is 5.31. The summed E-state index contributed by atoms with van der Waals surface area (Å²) in [6, 6.07) is 6.45. The summed E-state index contributed by atoms with van der Waals surface area (Å²) in [6.07, 6.45) is 2.34. The Morgan fingerprint density at radius 2 is 2.11 bits per heavy atom. The van der Waals surface area contributed by atoms with Crippen LogP contribution in [0.3, 0.4) is 0 Å². The van der Waals surface area contributed by atoms with Gasteiger partial charge in [0.1, 0.15) is 5.75 Å². The molecule has 0 spiro atoms. The number of nitrogens with zero attached hydrogens (tertiary/aromatic N) is 1. The molecule has 1 aliphatic heterocycles. The summed E-state index contributed by atoms with van der Waals surface area (Å²) >= 11 is 6.08. The van der Waals surface area contributed by atoms with Crippen LogP contribution in [0.5, 0.6) is 5.75 Å². The van der Waals surface area contributed by atoms with Crippen LogP contribution in [-0.4, -0.2) is 32.8 Å². The summed E-state index contributed by atoms with van der Waals surface area (Å²) < 4.78 is 5.41. The quantitative estimate of drug-likeness (QED) is 0.909. The predicted octanol–water partition coefficient (Wildman–Crippen LogP) is 2.93. The molecule has 0 aromatic heterocycles. The summed E-state index contributed by atoms with van der Waals surface area (Å²) in [4.78, 5) is 2.36. The highest BCUT2D eigenvalue weighted by Gasteiger charge is 2.20. The third-order valence-corrected chi connectivity index (χ3v) is 3.70. The van der Waals surface area contributed by atoms with Gasteiger partial charge in [0.15, 0.2) is 0 Å². The molecule has 1 N–H and O–H groups in total. The second kappa shape index (κ2) is 6.30. The van der Waals surface area contributed by atoms with Gasteiger partial charge in [-0.05, 0) is 37.6 Å². The van der Waals surface area contributed by atoms with Gasteiger partial charge in [0.2, 0.25) is 0 Å². The zero-order valence-electron chi connectivity index (χ0n) is 11.1. The largest absolute Gasteiger partial charge is 0.495 e. The summed E-state index contributed by atoms with van der Waals surface area (Å²) in [7, 11) is 1.71. The number of methoxy groups -OCH3 is 1. The van der Waals surface area contributed by atoms with E-state index in [1.54, 1.807) is 7.11 Å². The first-order chi connectivity index (χ1) is 8.74. The summed E-state index contributed by atoms with van der Waals surface area (Å²) in [5, 5.41) is 4.28. The van der Waals surface area contributed by atoms with Crippen molar-refractivity contribution in [2.75, 3.05) is 31.6 Å². The van der Waals surface area contributed by atoms with Gasteiger partial charge in [-0.3, -0.25) is 0 Å². The lowest BCUT2D eigenvalue weighted by Gasteiger charge is -2.34. The van der Waals surface area contributed by atoms with E-state index in [1.165, 1.54) is 12.8 Å². The van der Waals surface area contributed by atoms with Crippen molar-refractivity contribution in [1.82, 2.24) is 5.32 Å². The molecule has 0 saturated carbocycles. The Kier molecular flexibility index (Phi) is 4.72. The summed E-state index contributed by atoms with van der Waals surface area (Å²) in [5.41, 5.74) is 1.11. The normalized spacial score (nSPS) is 16.9. The van der Waals surface area contributed by atoms with Crippen molar-refractivity contribution in [3.8, 4) is 5.75 Å². The fourth-order valence-corrected chi connectivity index (χ4v) is 2.69. The zero-order chi connectivity index (χ0) is 13.0. The Labute approximate surface area is 114 Å². The third kappa shape index (κ3) is 3.09. The molecule has 1 fully saturated rings. The van der Waals surface area contributed by atoms with Crippen LogP contribution in [0, 0.1) is 0 Å². The Bertz CT molecular complexity index is 389. The molecule has 4 heteroatoms. The molecular formula is C14H21ClN2O. The number of benzene rings is 1. The average molecular weight is 269 g/mol. The Balaban J connectivity index is 2.06. The number of nitrogens with one attached hydrogen (secondary N) is 1. The van der Waals surface area contributed by atoms with E-state index in [2.05, 4.69) is 17.1 Å². The topological polar surface area (TPSA) is 24.5 Å². The first-order valence-electron chi connectivity index (χ1n) is 6.56. The molecule has 1 aliphatic rings. The molecule has 1 saturated heterocycles. The molecule has 3 nitrogen and oxygen atoms in total. The van der Waals surface area contributed by atoms with Gasteiger partial charge in [-0.1, -0.05) is 18.5 Å². The maximum atomic E-state index is 6.08. The van der Waals surface area contributed by atoms with Crippen LogP contribution >= 0.6 is 11.6 Å². The van der Waals surface area contributed by atoms with Crippen molar-refractivity contribution in [1.29, 1.82) is 0 Å². The molecule has 0 radical (unpaired) electrons. The molecule has 1 heterocycles. The zero-order valence-corrected chi connectivity index (χ0v) is 11.8. The van der Waals surface area contributed by atoms with Crippen molar-refractivity contribution in [3.05, 3.63) is 23.2 Å². The van der Waals surface area contributed by atoms with Gasteiger partial charge in [-0.15, -0.1) is 0 Å². The predicted molar refractivity (Wildman–Crippen MR) is 76.9 cm³/mol. The van der Waals surface area contributed by atoms with E-state index in [0.29, 0.717) is 6.04 Å². The molecule has 0 amide bonds. The van der Waals surface area contributed by atoms with Crippen LogP contribution in [-0.2, 0) is 0 Å². The highest BCUT2D eigenvalue weighted by molar-refractivity contribution is 6.30. The van der Waals surface area contributed by atoms with E-state index < -0.39 is 0 Å². The number of hydrogen-bond acceptors (Lipinski definition) is 3. The Hall–Kier alpha value is -0.930. The minimum absolute atomic E-state index is 0.649. The number of halogens is 1. The van der Waals surface area contributed by atoms with Crippen molar-refractivity contribution < 1.29 is 4.74 Å². The van der Waals surface area contributed by atoms with E-state index in [-0.39, 0.29) is 0 Å². The van der Waals surface area contributed by atoms with Gasteiger partial charge in [-0.25, -0.2) is 0 Å². The number of rotatable bonds is 4. The van der Waals surface area contributed by atoms with E-state index in [9.17, 15) is 0 Å². The van der Waals surface area contributed by atoms with E-state index in [4.69, 9.17) is 16.3 Å². The van der Waals surface area contributed by atoms with Gasteiger partial charge >= 0.3 is 0 Å². The Morgan fingerprint density at radius 1 is 1.39 bits per heavy atom. The van der Waals surface area contributed by atoms with Crippen LogP contribution in [0.25, 0.3) is 0 Å². The van der Waals surface area contributed by atoms with Crippen molar-refractivity contribution in [2.24, 2.45) is 0 Å². The second-order valence-electron chi connectivity index (χ2n) is 4.64. The van der Waals surface area contributed by atoms with Crippen molar-refractivity contribution >= 4 is 17.3 Å². The van der Waals surface area contributed by atoms with Gasteiger partial charge in [0.25, 0.3) is 0 Å². The lowest BCUT2D eigenvalue weighted by Crippen LogP contribution is -2.42. The molecule has 1 aromatic rings. The van der Waals surface area contributed by atoms with Crippen LogP contribution in [0.4, 0.5) is 5.69 Å². The molecule has 0 atom stereocenters. The number of anilines is 1. The van der Waals surface area contributed by atoms with E-state index in [0.717, 1.165) is 36.1 Å². The molecule has 2 rings (SSSR count). The number of hydrogen-bond donors (Lipinski definition) is 1. The monoisotopic (exact) mass is 268 g/mol. The van der Waals surface area contributed by atoms with Gasteiger partial charge in [-0.2, -0.15) is 0 Å². The lowest BCUT2D eigenvalue weighted by atomic mass is 10.0. The minimum atomic E-state index is 0.649. The smallest absolute Gasteiger partial charge is 0.142 e. The SMILES string of the molecule is CCNC1CCN(c2cc(Cl)ccc2OC)CC1. The molecule has 100 valence electrons. The summed E-state index contributed by atoms with van der Waals surface area (Å²) in [5.74, 6) is 0.904. The van der Waals surface area contributed by atoms with E-state index >= 15 is 0 Å². The highest BCUT2D eigenvalue weighted by Crippen LogP contribution is 2.32. The van der Waals surface area contributed by atoms with Gasteiger partial charge in [0, 0.05) is 24.2 Å². The van der Waals surface area contributed by atoms with Crippen LogP contribution in [0.15, 0.2) is 18.2 Å². The molecule has 1 aromatic carbocycles. The number of ether oxygens (including phenoxy) is 1. The van der Waals surface area contributed by atoms with Crippen molar-refractivity contribution in [3.63, 3.8) is 0 Å². The molecule has 0 unspecified atom stereocenters. The maximum absolute atomic E-state index is 6.08. The third-order valence-electron chi connectivity index (χ3n) is 3.47.